The number of carbonyl (C=O) groups is 1. The fourth-order valence-corrected chi connectivity index (χ4v) is 5.93. The molecule has 0 amide bonds. The molecular weight excluding hydrogens is 609 g/mol. The van der Waals surface area contributed by atoms with Crippen LogP contribution in [-0.4, -0.2) is 38.9 Å². The Morgan fingerprint density at radius 2 is 1.84 bits per heavy atom. The number of ether oxygens (including phenoxy) is 1. The minimum absolute atomic E-state index is 0.0371. The standard InChI is InChI=1S/C30H23ClFN7O4S/c1-16-7-18-9-25(37-24(18)11-23(16)38-44(41,42)20-10-19(31)12-34-13-20)29(40)21-14-36-39(30(21)33)26-15-35-28(8-17(26)2)43-27-6-4-3-5-22(27)32/h3-15,37-38H,33H2,1-2H3. The molecule has 6 aromatic rings. The number of fused-ring (bicyclic) bond motifs is 1. The van der Waals surface area contributed by atoms with Gasteiger partial charge in [0.25, 0.3) is 10.0 Å². The molecule has 0 spiro atoms. The van der Waals surface area contributed by atoms with E-state index in [0.29, 0.717) is 33.4 Å². The van der Waals surface area contributed by atoms with Crippen LogP contribution in [0, 0.1) is 19.7 Å². The van der Waals surface area contributed by atoms with Crippen molar-refractivity contribution in [2.75, 3.05) is 10.5 Å². The number of hydrogen-bond donors (Lipinski definition) is 3. The predicted molar refractivity (Wildman–Crippen MR) is 164 cm³/mol. The van der Waals surface area contributed by atoms with E-state index in [1.807, 2.05) is 0 Å². The lowest BCUT2D eigenvalue weighted by atomic mass is 10.1. The highest BCUT2D eigenvalue weighted by Gasteiger charge is 2.22. The number of aromatic nitrogens is 5. The fourth-order valence-electron chi connectivity index (χ4n) is 4.58. The molecule has 0 unspecified atom stereocenters. The van der Waals surface area contributed by atoms with Crippen LogP contribution in [-0.2, 0) is 10.0 Å². The smallest absolute Gasteiger partial charge is 0.263 e. The van der Waals surface area contributed by atoms with Crippen LogP contribution in [0.25, 0.3) is 16.6 Å². The monoisotopic (exact) mass is 631 g/mol. The van der Waals surface area contributed by atoms with Gasteiger partial charge in [-0.25, -0.2) is 22.5 Å². The van der Waals surface area contributed by atoms with Crippen LogP contribution in [0.15, 0.2) is 84.3 Å². The number of ketones is 1. The summed E-state index contributed by atoms with van der Waals surface area (Å²) < 4.78 is 49.3. The highest BCUT2D eigenvalue weighted by molar-refractivity contribution is 7.92. The molecule has 0 aliphatic heterocycles. The van der Waals surface area contributed by atoms with E-state index < -0.39 is 21.6 Å². The Bertz CT molecular complexity index is 2200. The number of sulfonamides is 1. The zero-order valence-corrected chi connectivity index (χ0v) is 24.7. The lowest BCUT2D eigenvalue weighted by Crippen LogP contribution is -2.14. The average molecular weight is 632 g/mol. The largest absolute Gasteiger partial charge is 0.436 e. The lowest BCUT2D eigenvalue weighted by Gasteiger charge is -2.11. The normalized spacial score (nSPS) is 11.5. The summed E-state index contributed by atoms with van der Waals surface area (Å²) in [5.74, 6) is -0.635. The lowest BCUT2D eigenvalue weighted by molar-refractivity contribution is 0.103. The minimum atomic E-state index is -3.97. The Hall–Kier alpha value is -5.27. The van der Waals surface area contributed by atoms with Crippen LogP contribution in [0.4, 0.5) is 15.9 Å². The maximum atomic E-state index is 14.0. The number of hydrogen-bond acceptors (Lipinski definition) is 8. The average Bonchev–Trinajstić information content (AvgIpc) is 3.57. The van der Waals surface area contributed by atoms with E-state index in [-0.39, 0.29) is 38.6 Å². The van der Waals surface area contributed by atoms with Crippen molar-refractivity contribution in [1.29, 1.82) is 0 Å². The Labute approximate surface area is 255 Å². The summed E-state index contributed by atoms with van der Waals surface area (Å²) in [6.45, 7) is 3.52. The number of nitrogens with two attached hydrogens (primary N) is 1. The quantitative estimate of drug-likeness (QED) is 0.174. The number of benzene rings is 2. The molecule has 222 valence electrons. The van der Waals surface area contributed by atoms with Crippen molar-refractivity contribution < 1.29 is 22.3 Å². The van der Waals surface area contributed by atoms with Crippen molar-refractivity contribution in [3.05, 3.63) is 113 Å². The highest BCUT2D eigenvalue weighted by atomic mass is 35.5. The van der Waals surface area contributed by atoms with Crippen LogP contribution < -0.4 is 15.2 Å². The summed E-state index contributed by atoms with van der Waals surface area (Å²) in [6, 6.07) is 13.9. The van der Waals surface area contributed by atoms with Crippen molar-refractivity contribution in [3.8, 4) is 17.3 Å². The first-order chi connectivity index (χ1) is 21.0. The van der Waals surface area contributed by atoms with Crippen LogP contribution >= 0.6 is 11.6 Å². The van der Waals surface area contributed by atoms with E-state index in [4.69, 9.17) is 22.1 Å². The molecule has 0 fully saturated rings. The molecule has 4 N–H and O–H groups in total. The Kier molecular flexibility index (Phi) is 7.27. The van der Waals surface area contributed by atoms with Gasteiger partial charge in [-0.1, -0.05) is 23.7 Å². The number of rotatable bonds is 8. The van der Waals surface area contributed by atoms with Crippen LogP contribution in [0.1, 0.15) is 27.2 Å². The summed E-state index contributed by atoms with van der Waals surface area (Å²) in [7, 11) is -3.97. The van der Waals surface area contributed by atoms with Crippen LogP contribution in [0.3, 0.4) is 0 Å². The Morgan fingerprint density at radius 3 is 2.59 bits per heavy atom. The molecule has 4 aromatic heterocycles. The SMILES string of the molecule is Cc1cc2cc(C(=O)c3cnn(-c4cnc(Oc5ccccc5F)cc4C)c3N)[nH]c2cc1NS(=O)(=O)c1cncc(Cl)c1. The number of nitrogen functional groups attached to an aromatic ring is 1. The number of anilines is 2. The number of para-hydroxylation sites is 1. The van der Waals surface area contributed by atoms with Crippen molar-refractivity contribution in [3.63, 3.8) is 0 Å². The number of H-pyrrole nitrogens is 1. The highest BCUT2D eigenvalue weighted by Crippen LogP contribution is 2.30. The summed E-state index contributed by atoms with van der Waals surface area (Å²) in [5.41, 5.74) is 9.39. The molecular formula is C30H23ClFN7O4S. The second-order valence-electron chi connectivity index (χ2n) is 9.91. The number of aryl methyl sites for hydroxylation is 2. The zero-order valence-electron chi connectivity index (χ0n) is 23.2. The van der Waals surface area contributed by atoms with Gasteiger partial charge < -0.3 is 15.5 Å². The summed E-state index contributed by atoms with van der Waals surface area (Å²) in [5, 5.41) is 5.18. The topological polar surface area (TPSA) is 158 Å². The van der Waals surface area contributed by atoms with Gasteiger partial charge in [-0.2, -0.15) is 5.10 Å². The molecule has 0 bridgehead atoms. The van der Waals surface area contributed by atoms with Crippen molar-refractivity contribution >= 4 is 49.8 Å². The number of pyridine rings is 2. The Balaban J connectivity index is 1.26. The zero-order chi connectivity index (χ0) is 31.2. The van der Waals surface area contributed by atoms with E-state index in [9.17, 15) is 17.6 Å². The first kappa shape index (κ1) is 28.8. The molecule has 6 rings (SSSR count). The molecule has 2 aromatic carbocycles. The fraction of sp³-hybridized carbons (Fsp3) is 0.0667. The first-order valence-corrected chi connectivity index (χ1v) is 14.9. The summed E-state index contributed by atoms with van der Waals surface area (Å²) in [6.07, 6.45) is 5.36. The molecule has 0 aliphatic rings. The van der Waals surface area contributed by atoms with Crippen molar-refractivity contribution in [2.45, 2.75) is 18.7 Å². The number of nitrogens with one attached hydrogen (secondary N) is 2. The minimum Gasteiger partial charge on any atom is -0.436 e. The predicted octanol–water partition coefficient (Wildman–Crippen LogP) is 5.96. The summed E-state index contributed by atoms with van der Waals surface area (Å²) >= 11 is 5.91. The number of aromatic amines is 1. The molecule has 14 heteroatoms. The molecule has 0 radical (unpaired) electrons. The van der Waals surface area contributed by atoms with Gasteiger partial charge in [-0.15, -0.1) is 0 Å². The van der Waals surface area contributed by atoms with Gasteiger partial charge in [0.05, 0.1) is 40.0 Å². The molecule has 11 nitrogen and oxygen atoms in total. The maximum Gasteiger partial charge on any atom is 0.263 e. The van der Waals surface area contributed by atoms with E-state index >= 15 is 0 Å². The molecule has 4 heterocycles. The van der Waals surface area contributed by atoms with Gasteiger partial charge in [-0.05, 0) is 61.4 Å². The van der Waals surface area contributed by atoms with Gasteiger partial charge in [-0.3, -0.25) is 14.5 Å². The van der Waals surface area contributed by atoms with Gasteiger partial charge in [0.1, 0.15) is 10.7 Å². The molecule has 0 saturated heterocycles. The third kappa shape index (κ3) is 5.45. The number of halogens is 2. The third-order valence-corrected chi connectivity index (χ3v) is 8.37. The van der Waals surface area contributed by atoms with Crippen LogP contribution in [0.5, 0.6) is 11.6 Å². The van der Waals surface area contributed by atoms with Gasteiger partial charge in [0.2, 0.25) is 11.7 Å². The third-order valence-electron chi connectivity index (χ3n) is 6.83. The van der Waals surface area contributed by atoms with Gasteiger partial charge in [0.15, 0.2) is 11.6 Å². The summed E-state index contributed by atoms with van der Waals surface area (Å²) in [4.78, 5) is 24.5. The molecule has 0 atom stereocenters. The van der Waals surface area contributed by atoms with E-state index in [1.165, 1.54) is 47.7 Å². The number of carbonyl (C=O) groups excluding carboxylic acids is 1. The first-order valence-electron chi connectivity index (χ1n) is 13.0. The molecule has 0 aliphatic carbocycles. The van der Waals surface area contributed by atoms with Gasteiger partial charge >= 0.3 is 0 Å². The van der Waals surface area contributed by atoms with Crippen LogP contribution in [0.2, 0.25) is 5.02 Å². The second-order valence-corrected chi connectivity index (χ2v) is 12.0. The number of nitrogens with zero attached hydrogens (tertiary/aromatic N) is 4. The van der Waals surface area contributed by atoms with E-state index in [2.05, 4.69) is 24.8 Å². The van der Waals surface area contributed by atoms with Crippen molar-refractivity contribution in [2.24, 2.45) is 0 Å². The molecule has 0 saturated carbocycles. The van der Waals surface area contributed by atoms with Crippen molar-refractivity contribution in [1.82, 2.24) is 24.7 Å². The van der Waals surface area contributed by atoms with Gasteiger partial charge in [0, 0.05) is 29.4 Å². The van der Waals surface area contributed by atoms with E-state index in [0.717, 1.165) is 0 Å². The maximum absolute atomic E-state index is 14.0. The molecule has 44 heavy (non-hydrogen) atoms. The van der Waals surface area contributed by atoms with E-state index in [1.54, 1.807) is 50.2 Å². The second kappa shape index (κ2) is 11.1. The Morgan fingerprint density at radius 1 is 1.05 bits per heavy atom.